The molecular formula is C15H11N5O2S3. The molecule has 126 valence electrons. The van der Waals surface area contributed by atoms with Crippen LogP contribution in [0.4, 0.5) is 5.00 Å². The smallest absolute Gasteiger partial charge is 0.273 e. The first-order valence-corrected chi connectivity index (χ1v) is 9.12. The van der Waals surface area contributed by atoms with Crippen LogP contribution >= 0.6 is 34.9 Å². The lowest BCUT2D eigenvalue weighted by atomic mass is 10.3. The molecule has 0 saturated heterocycles. The predicted molar refractivity (Wildman–Crippen MR) is 101 cm³/mol. The van der Waals surface area contributed by atoms with Gasteiger partial charge in [-0.1, -0.05) is 17.4 Å². The van der Waals surface area contributed by atoms with E-state index in [0.717, 1.165) is 11.3 Å². The van der Waals surface area contributed by atoms with Crippen molar-refractivity contribution in [1.82, 2.24) is 14.1 Å². The summed E-state index contributed by atoms with van der Waals surface area (Å²) in [4.78, 5) is 29.0. The molecule has 0 spiro atoms. The highest BCUT2D eigenvalue weighted by atomic mass is 32.1. The second-order valence-corrected chi connectivity index (χ2v) is 7.48. The Morgan fingerprint density at radius 2 is 2.36 bits per heavy atom. The molecule has 3 rings (SSSR count). The van der Waals surface area contributed by atoms with Crippen LogP contribution < -0.4 is 10.9 Å². The second-order valence-electron chi connectivity index (χ2n) is 4.92. The number of thiazole rings is 1. The van der Waals surface area contributed by atoms with Crippen molar-refractivity contribution in [2.24, 2.45) is 0 Å². The van der Waals surface area contributed by atoms with E-state index in [4.69, 9.17) is 17.5 Å². The zero-order valence-electron chi connectivity index (χ0n) is 12.8. The van der Waals surface area contributed by atoms with E-state index in [1.165, 1.54) is 22.2 Å². The Balaban J connectivity index is 1.90. The Labute approximate surface area is 155 Å². The van der Waals surface area contributed by atoms with Crippen molar-refractivity contribution >= 4 is 56.1 Å². The van der Waals surface area contributed by atoms with E-state index in [2.05, 4.69) is 16.9 Å². The van der Waals surface area contributed by atoms with Crippen LogP contribution in [0.15, 0.2) is 35.2 Å². The summed E-state index contributed by atoms with van der Waals surface area (Å²) in [6, 6.07) is 3.62. The molecule has 0 fully saturated rings. The average molecular weight is 389 g/mol. The Morgan fingerprint density at radius 1 is 1.56 bits per heavy atom. The Morgan fingerprint density at radius 3 is 3.08 bits per heavy atom. The summed E-state index contributed by atoms with van der Waals surface area (Å²) in [5.41, 5.74) is 0.547. The van der Waals surface area contributed by atoms with Crippen molar-refractivity contribution in [1.29, 1.82) is 5.26 Å². The molecule has 0 aliphatic heterocycles. The number of thiophene rings is 1. The first kappa shape index (κ1) is 17.2. The van der Waals surface area contributed by atoms with Gasteiger partial charge in [0.1, 0.15) is 28.6 Å². The molecule has 7 nitrogen and oxygen atoms in total. The molecular weight excluding hydrogens is 378 g/mol. The van der Waals surface area contributed by atoms with Crippen LogP contribution in [-0.4, -0.2) is 20.0 Å². The summed E-state index contributed by atoms with van der Waals surface area (Å²) in [6.45, 7) is 3.93. The van der Waals surface area contributed by atoms with Gasteiger partial charge in [0.05, 0.1) is 5.56 Å². The minimum Gasteiger partial charge on any atom is -0.315 e. The number of rotatable bonds is 5. The lowest BCUT2D eigenvalue weighted by Gasteiger charge is -2.06. The Bertz CT molecular complexity index is 1130. The number of amides is 1. The van der Waals surface area contributed by atoms with Crippen molar-refractivity contribution < 1.29 is 4.79 Å². The molecule has 1 N–H and O–H groups in total. The standard InChI is InChI=1S/C15H11N5O2S3/c1-2-4-20-12-11(25-15(20)23)14(22)19(8-17-12)7-10(21)18-13-9(6-16)3-5-24-13/h2-3,5,8H,1,4,7H2,(H,18,21). The first-order valence-electron chi connectivity index (χ1n) is 7.02. The summed E-state index contributed by atoms with van der Waals surface area (Å²) in [5.74, 6) is -0.406. The fourth-order valence-corrected chi connectivity index (χ4v) is 4.26. The first-order chi connectivity index (χ1) is 12.0. The molecule has 25 heavy (non-hydrogen) atoms. The highest BCUT2D eigenvalue weighted by Crippen LogP contribution is 2.22. The van der Waals surface area contributed by atoms with E-state index in [-0.39, 0.29) is 12.1 Å². The van der Waals surface area contributed by atoms with Crippen LogP contribution in [0.3, 0.4) is 0 Å². The normalized spacial score (nSPS) is 10.5. The molecule has 1 amide bonds. The van der Waals surface area contributed by atoms with E-state index in [1.807, 2.05) is 6.07 Å². The maximum absolute atomic E-state index is 12.6. The zero-order valence-corrected chi connectivity index (χ0v) is 15.2. The molecule has 0 aromatic carbocycles. The summed E-state index contributed by atoms with van der Waals surface area (Å²) in [5, 5.41) is 13.8. The van der Waals surface area contributed by atoms with E-state index in [1.54, 1.807) is 22.1 Å². The molecule has 0 saturated carbocycles. The number of fused-ring (bicyclic) bond motifs is 1. The lowest BCUT2D eigenvalue weighted by molar-refractivity contribution is -0.116. The number of aromatic nitrogens is 3. The highest BCUT2D eigenvalue weighted by molar-refractivity contribution is 7.73. The van der Waals surface area contributed by atoms with Crippen LogP contribution in [0.1, 0.15) is 5.56 Å². The van der Waals surface area contributed by atoms with Gasteiger partial charge < -0.3 is 9.88 Å². The largest absolute Gasteiger partial charge is 0.315 e. The Hall–Kier alpha value is -2.61. The van der Waals surface area contributed by atoms with Gasteiger partial charge in [-0.3, -0.25) is 14.2 Å². The molecule has 0 aliphatic rings. The van der Waals surface area contributed by atoms with Gasteiger partial charge in [-0.25, -0.2) is 4.98 Å². The van der Waals surface area contributed by atoms with Crippen LogP contribution in [0.25, 0.3) is 10.3 Å². The van der Waals surface area contributed by atoms with Gasteiger partial charge in [0.15, 0.2) is 9.60 Å². The third-order valence-corrected chi connectivity index (χ3v) is 5.56. The second kappa shape index (κ2) is 7.10. The lowest BCUT2D eigenvalue weighted by Crippen LogP contribution is -2.27. The highest BCUT2D eigenvalue weighted by Gasteiger charge is 2.14. The summed E-state index contributed by atoms with van der Waals surface area (Å²) in [7, 11) is 0. The number of hydrogen-bond donors (Lipinski definition) is 1. The number of carbonyl (C=O) groups is 1. The Kier molecular flexibility index (Phi) is 4.89. The number of hydrogen-bond acceptors (Lipinski definition) is 7. The third-order valence-electron chi connectivity index (χ3n) is 3.31. The predicted octanol–water partition coefficient (Wildman–Crippen LogP) is 2.75. The molecule has 3 aromatic heterocycles. The van der Waals surface area contributed by atoms with Crippen molar-refractivity contribution in [2.75, 3.05) is 5.32 Å². The van der Waals surface area contributed by atoms with Gasteiger partial charge in [0.2, 0.25) is 5.91 Å². The van der Waals surface area contributed by atoms with Crippen LogP contribution in [0.5, 0.6) is 0 Å². The van der Waals surface area contributed by atoms with Gasteiger partial charge in [0, 0.05) is 6.54 Å². The number of allylic oxidation sites excluding steroid dienone is 1. The molecule has 0 radical (unpaired) electrons. The number of nitrogens with zero attached hydrogens (tertiary/aromatic N) is 4. The topological polar surface area (TPSA) is 92.7 Å². The quantitative estimate of drug-likeness (QED) is 0.535. The summed E-state index contributed by atoms with van der Waals surface area (Å²) in [6.07, 6.45) is 3.00. The monoisotopic (exact) mass is 389 g/mol. The van der Waals surface area contributed by atoms with Crippen LogP contribution in [0.2, 0.25) is 0 Å². The molecule has 0 unspecified atom stereocenters. The fraction of sp³-hybridized carbons (Fsp3) is 0.133. The van der Waals surface area contributed by atoms with E-state index >= 15 is 0 Å². The zero-order chi connectivity index (χ0) is 18.0. The number of anilines is 1. The number of nitrogens with one attached hydrogen (secondary N) is 1. The molecule has 10 heteroatoms. The molecule has 0 atom stereocenters. The number of carbonyl (C=O) groups excluding carboxylic acids is 1. The molecule has 0 bridgehead atoms. The van der Waals surface area contributed by atoms with Gasteiger partial charge in [0.25, 0.3) is 5.56 Å². The van der Waals surface area contributed by atoms with Crippen molar-refractivity contribution in [3.8, 4) is 6.07 Å². The van der Waals surface area contributed by atoms with Gasteiger partial charge in [-0.2, -0.15) is 5.26 Å². The van der Waals surface area contributed by atoms with Crippen molar-refractivity contribution in [3.63, 3.8) is 0 Å². The summed E-state index contributed by atoms with van der Waals surface area (Å²) >= 11 is 7.66. The maximum Gasteiger partial charge on any atom is 0.273 e. The fourth-order valence-electron chi connectivity index (χ4n) is 2.19. The maximum atomic E-state index is 12.6. The SMILES string of the molecule is C=CCn1c(=S)sc2c(=O)n(CC(=O)Nc3sccc3C#N)cnc21. The van der Waals surface area contributed by atoms with Crippen LogP contribution in [-0.2, 0) is 17.9 Å². The molecule has 3 heterocycles. The van der Waals surface area contributed by atoms with E-state index in [0.29, 0.717) is 31.4 Å². The van der Waals surface area contributed by atoms with Gasteiger partial charge in [-0.15, -0.1) is 17.9 Å². The average Bonchev–Trinajstić information content (AvgIpc) is 3.16. The number of nitriles is 1. The van der Waals surface area contributed by atoms with Gasteiger partial charge >= 0.3 is 0 Å². The van der Waals surface area contributed by atoms with Crippen molar-refractivity contribution in [3.05, 3.63) is 50.3 Å². The third kappa shape index (κ3) is 3.30. The minimum absolute atomic E-state index is 0.198. The minimum atomic E-state index is -0.406. The molecule has 3 aromatic rings. The van der Waals surface area contributed by atoms with E-state index < -0.39 is 5.91 Å². The summed E-state index contributed by atoms with van der Waals surface area (Å²) < 4.78 is 3.87. The molecule has 0 aliphatic carbocycles. The van der Waals surface area contributed by atoms with Crippen LogP contribution in [0, 0.1) is 15.3 Å². The van der Waals surface area contributed by atoms with Crippen molar-refractivity contribution in [2.45, 2.75) is 13.1 Å². The van der Waals surface area contributed by atoms with E-state index in [9.17, 15) is 9.59 Å². The van der Waals surface area contributed by atoms with Gasteiger partial charge in [-0.05, 0) is 23.7 Å².